The standard InChI is InChI=1S/C11H22N2O2/c1-4-15-11(14)9(2)7-13-6-5-12-10(3)8-13/h9-10,12H,4-8H2,1-3H3/t9?,10-/m0/s1. The van der Waals surface area contributed by atoms with Gasteiger partial charge in [-0.25, -0.2) is 0 Å². The van der Waals surface area contributed by atoms with E-state index in [9.17, 15) is 4.79 Å². The summed E-state index contributed by atoms with van der Waals surface area (Å²) in [5.41, 5.74) is 0. The minimum absolute atomic E-state index is 0.0183. The van der Waals surface area contributed by atoms with E-state index in [1.54, 1.807) is 0 Å². The average Bonchev–Trinajstić information content (AvgIpc) is 2.18. The van der Waals surface area contributed by atoms with Crippen LogP contribution < -0.4 is 5.32 Å². The Labute approximate surface area is 92.0 Å². The number of esters is 1. The first-order valence-electron chi connectivity index (χ1n) is 5.75. The van der Waals surface area contributed by atoms with Gasteiger partial charge in [-0.3, -0.25) is 9.69 Å². The van der Waals surface area contributed by atoms with Crippen molar-refractivity contribution in [1.29, 1.82) is 0 Å². The molecule has 4 nitrogen and oxygen atoms in total. The lowest BCUT2D eigenvalue weighted by atomic mass is 10.1. The fourth-order valence-electron chi connectivity index (χ4n) is 1.92. The molecule has 1 rings (SSSR count). The third kappa shape index (κ3) is 4.18. The lowest BCUT2D eigenvalue weighted by molar-refractivity contribution is -0.148. The summed E-state index contributed by atoms with van der Waals surface area (Å²) in [4.78, 5) is 13.8. The van der Waals surface area contributed by atoms with Gasteiger partial charge in [0.05, 0.1) is 12.5 Å². The highest BCUT2D eigenvalue weighted by atomic mass is 16.5. The summed E-state index contributed by atoms with van der Waals surface area (Å²) >= 11 is 0. The molecular formula is C11H22N2O2. The molecule has 0 spiro atoms. The maximum Gasteiger partial charge on any atom is 0.309 e. The van der Waals surface area contributed by atoms with Gasteiger partial charge in [0.1, 0.15) is 0 Å². The molecule has 0 aromatic heterocycles. The van der Waals surface area contributed by atoms with Crippen molar-refractivity contribution < 1.29 is 9.53 Å². The molecule has 1 heterocycles. The highest BCUT2D eigenvalue weighted by Crippen LogP contribution is 2.05. The zero-order chi connectivity index (χ0) is 11.3. The molecule has 2 atom stereocenters. The van der Waals surface area contributed by atoms with Gasteiger partial charge in [0, 0.05) is 32.2 Å². The minimum Gasteiger partial charge on any atom is -0.466 e. The number of hydrogen-bond donors (Lipinski definition) is 1. The summed E-state index contributed by atoms with van der Waals surface area (Å²) in [7, 11) is 0. The molecule has 0 aliphatic carbocycles. The van der Waals surface area contributed by atoms with E-state index in [1.165, 1.54) is 0 Å². The van der Waals surface area contributed by atoms with E-state index in [4.69, 9.17) is 4.74 Å². The summed E-state index contributed by atoms with van der Waals surface area (Å²) in [6.07, 6.45) is 0. The zero-order valence-corrected chi connectivity index (χ0v) is 9.95. The van der Waals surface area contributed by atoms with Crippen LogP contribution in [0.25, 0.3) is 0 Å². The molecule has 1 fully saturated rings. The normalized spacial score (nSPS) is 24.9. The van der Waals surface area contributed by atoms with Crippen LogP contribution in [-0.2, 0) is 9.53 Å². The van der Waals surface area contributed by atoms with Crippen molar-refractivity contribution >= 4 is 5.97 Å². The minimum atomic E-state index is -0.0799. The topological polar surface area (TPSA) is 41.6 Å². The summed E-state index contributed by atoms with van der Waals surface area (Å²) in [5, 5.41) is 3.38. The van der Waals surface area contributed by atoms with Crippen LogP contribution in [0.5, 0.6) is 0 Å². The number of ether oxygens (including phenoxy) is 1. The van der Waals surface area contributed by atoms with Gasteiger partial charge in [-0.2, -0.15) is 0 Å². The zero-order valence-electron chi connectivity index (χ0n) is 9.95. The predicted molar refractivity (Wildman–Crippen MR) is 59.7 cm³/mol. The van der Waals surface area contributed by atoms with Crippen LogP contribution in [0, 0.1) is 5.92 Å². The Morgan fingerprint density at radius 2 is 2.40 bits per heavy atom. The summed E-state index contributed by atoms with van der Waals surface area (Å²) in [6, 6.07) is 0.521. The van der Waals surface area contributed by atoms with Gasteiger partial charge >= 0.3 is 5.97 Å². The third-order valence-corrected chi connectivity index (χ3v) is 2.67. The Kier molecular flexibility index (Phi) is 5.05. The van der Waals surface area contributed by atoms with Crippen molar-refractivity contribution in [3.05, 3.63) is 0 Å². The molecule has 88 valence electrons. The van der Waals surface area contributed by atoms with Gasteiger partial charge < -0.3 is 10.1 Å². The Bertz CT molecular complexity index is 209. The quantitative estimate of drug-likeness (QED) is 0.691. The molecule has 1 saturated heterocycles. The van der Waals surface area contributed by atoms with E-state index in [0.717, 1.165) is 26.2 Å². The maximum absolute atomic E-state index is 11.4. The maximum atomic E-state index is 11.4. The molecule has 15 heavy (non-hydrogen) atoms. The summed E-state index contributed by atoms with van der Waals surface area (Å²) < 4.78 is 4.99. The van der Waals surface area contributed by atoms with E-state index in [1.807, 2.05) is 13.8 Å². The van der Waals surface area contributed by atoms with Gasteiger partial charge in [0.25, 0.3) is 0 Å². The largest absolute Gasteiger partial charge is 0.466 e. The fourth-order valence-corrected chi connectivity index (χ4v) is 1.92. The highest BCUT2D eigenvalue weighted by molar-refractivity contribution is 5.72. The third-order valence-electron chi connectivity index (χ3n) is 2.67. The molecular weight excluding hydrogens is 192 g/mol. The van der Waals surface area contributed by atoms with E-state index in [-0.39, 0.29) is 11.9 Å². The SMILES string of the molecule is CCOC(=O)C(C)CN1CCN[C@@H](C)C1. The Hall–Kier alpha value is -0.610. The van der Waals surface area contributed by atoms with Crippen LogP contribution in [0.15, 0.2) is 0 Å². The molecule has 0 bridgehead atoms. The van der Waals surface area contributed by atoms with E-state index in [0.29, 0.717) is 12.6 Å². The Morgan fingerprint density at radius 1 is 1.67 bits per heavy atom. The first-order chi connectivity index (χ1) is 7.13. The fraction of sp³-hybridized carbons (Fsp3) is 0.909. The van der Waals surface area contributed by atoms with Crippen LogP contribution in [0.1, 0.15) is 20.8 Å². The van der Waals surface area contributed by atoms with Crippen molar-refractivity contribution in [2.24, 2.45) is 5.92 Å². The van der Waals surface area contributed by atoms with Crippen LogP contribution >= 0.6 is 0 Å². The van der Waals surface area contributed by atoms with E-state index < -0.39 is 0 Å². The smallest absolute Gasteiger partial charge is 0.309 e. The molecule has 1 aliphatic rings. The van der Waals surface area contributed by atoms with Gasteiger partial charge in [-0.1, -0.05) is 6.92 Å². The first-order valence-corrected chi connectivity index (χ1v) is 5.75. The van der Waals surface area contributed by atoms with Crippen molar-refractivity contribution in [2.45, 2.75) is 26.8 Å². The summed E-state index contributed by atoms with van der Waals surface area (Å²) in [5.74, 6) is -0.0982. The summed E-state index contributed by atoms with van der Waals surface area (Å²) in [6.45, 7) is 10.3. The number of piperazine rings is 1. The van der Waals surface area contributed by atoms with Gasteiger partial charge in [0.15, 0.2) is 0 Å². The molecule has 0 aromatic carbocycles. The Morgan fingerprint density at radius 3 is 3.00 bits per heavy atom. The van der Waals surface area contributed by atoms with E-state index >= 15 is 0 Å². The van der Waals surface area contributed by atoms with Crippen LogP contribution in [-0.4, -0.2) is 49.7 Å². The number of carbonyl (C=O) groups is 1. The van der Waals surface area contributed by atoms with Gasteiger partial charge in [-0.05, 0) is 13.8 Å². The molecule has 1 unspecified atom stereocenters. The van der Waals surface area contributed by atoms with Crippen molar-refractivity contribution in [1.82, 2.24) is 10.2 Å². The second-order valence-electron chi connectivity index (χ2n) is 4.27. The molecule has 4 heteroatoms. The lowest BCUT2D eigenvalue weighted by Crippen LogP contribution is -2.50. The highest BCUT2D eigenvalue weighted by Gasteiger charge is 2.21. The number of hydrogen-bond acceptors (Lipinski definition) is 4. The second kappa shape index (κ2) is 6.08. The van der Waals surface area contributed by atoms with Crippen LogP contribution in [0.4, 0.5) is 0 Å². The van der Waals surface area contributed by atoms with Crippen molar-refractivity contribution in [3.63, 3.8) is 0 Å². The number of nitrogens with zero attached hydrogens (tertiary/aromatic N) is 1. The van der Waals surface area contributed by atoms with Crippen molar-refractivity contribution in [2.75, 3.05) is 32.8 Å². The Balaban J connectivity index is 2.30. The first kappa shape index (κ1) is 12.5. The predicted octanol–water partition coefficient (Wildman–Crippen LogP) is 0.479. The molecule has 0 aromatic rings. The van der Waals surface area contributed by atoms with Crippen LogP contribution in [0.3, 0.4) is 0 Å². The van der Waals surface area contributed by atoms with E-state index in [2.05, 4.69) is 17.1 Å². The lowest BCUT2D eigenvalue weighted by Gasteiger charge is -2.32. The number of carbonyl (C=O) groups excluding carboxylic acids is 1. The molecule has 0 saturated carbocycles. The molecule has 1 N–H and O–H groups in total. The molecule has 0 radical (unpaired) electrons. The second-order valence-corrected chi connectivity index (χ2v) is 4.27. The number of rotatable bonds is 4. The van der Waals surface area contributed by atoms with Gasteiger partial charge in [-0.15, -0.1) is 0 Å². The van der Waals surface area contributed by atoms with Crippen LogP contribution in [0.2, 0.25) is 0 Å². The monoisotopic (exact) mass is 214 g/mol. The molecule has 0 amide bonds. The molecule has 1 aliphatic heterocycles. The van der Waals surface area contributed by atoms with Gasteiger partial charge in [0.2, 0.25) is 0 Å². The van der Waals surface area contributed by atoms with Crippen molar-refractivity contribution in [3.8, 4) is 0 Å². The number of nitrogens with one attached hydrogen (secondary N) is 1. The average molecular weight is 214 g/mol.